The zero-order valence-electron chi connectivity index (χ0n) is 17.5. The highest BCUT2D eigenvalue weighted by Gasteiger charge is 2.17. The molecule has 2 heterocycles. The maximum atomic E-state index is 12.8. The Balaban J connectivity index is 1.95. The monoisotopic (exact) mass is 396 g/mol. The Morgan fingerprint density at radius 2 is 1.69 bits per heavy atom. The molecule has 0 saturated heterocycles. The average molecular weight is 396 g/mol. The molecule has 0 aliphatic heterocycles. The fourth-order valence-corrected chi connectivity index (χ4v) is 3.27. The van der Waals surface area contributed by atoms with Crippen molar-refractivity contribution < 1.29 is 4.74 Å². The van der Waals surface area contributed by atoms with E-state index in [2.05, 4.69) is 11.9 Å². The van der Waals surface area contributed by atoms with Gasteiger partial charge in [0.05, 0.1) is 6.61 Å². The summed E-state index contributed by atoms with van der Waals surface area (Å²) in [5.74, 6) is 1.47. The predicted molar refractivity (Wildman–Crippen MR) is 116 cm³/mol. The van der Waals surface area contributed by atoms with Crippen LogP contribution < -0.4 is 16.0 Å². The minimum Gasteiger partial charge on any atom is -0.494 e. The number of imidazole rings is 1. The topological polar surface area (TPSA) is 71.1 Å². The van der Waals surface area contributed by atoms with E-state index in [0.717, 1.165) is 30.8 Å². The predicted octanol–water partition coefficient (Wildman–Crippen LogP) is 3.29. The zero-order chi connectivity index (χ0) is 21.0. The highest BCUT2D eigenvalue weighted by molar-refractivity contribution is 5.76. The summed E-state index contributed by atoms with van der Waals surface area (Å²) < 4.78 is 10.2. The number of benzene rings is 1. The van der Waals surface area contributed by atoms with E-state index in [4.69, 9.17) is 4.74 Å². The summed E-state index contributed by atoms with van der Waals surface area (Å²) in [5.41, 5.74) is 1.24. The van der Waals surface area contributed by atoms with Crippen LogP contribution in [0.3, 0.4) is 0 Å². The number of nitrogens with zero attached hydrogens (tertiary/aromatic N) is 4. The normalized spacial score (nSPS) is 11.6. The smallest absolute Gasteiger partial charge is 0.332 e. The van der Waals surface area contributed by atoms with Crippen LogP contribution in [0.2, 0.25) is 0 Å². The van der Waals surface area contributed by atoms with Gasteiger partial charge >= 0.3 is 5.69 Å². The van der Waals surface area contributed by atoms with Crippen molar-refractivity contribution in [2.45, 2.75) is 46.7 Å². The maximum Gasteiger partial charge on any atom is 0.332 e. The quantitative estimate of drug-likeness (QED) is 0.548. The standard InChI is InChI=1S/C22H28N4O3/c1-5-8-15-29-17-12-9-16(10-13-17)11-14-18-23-20-19(24(18)4)21(27)26(7-3)22(28)25(20)6-2/h9-14H,5-8,15H2,1-4H3/b14-11+. The molecule has 1 aromatic carbocycles. The van der Waals surface area contributed by atoms with E-state index in [1.165, 1.54) is 4.57 Å². The van der Waals surface area contributed by atoms with E-state index >= 15 is 0 Å². The molecule has 7 heteroatoms. The van der Waals surface area contributed by atoms with Crippen molar-refractivity contribution in [3.63, 3.8) is 0 Å². The lowest BCUT2D eigenvalue weighted by Gasteiger charge is -2.08. The molecule has 0 unspecified atom stereocenters. The van der Waals surface area contributed by atoms with Gasteiger partial charge in [-0.25, -0.2) is 9.78 Å². The van der Waals surface area contributed by atoms with Gasteiger partial charge in [-0.3, -0.25) is 13.9 Å². The highest BCUT2D eigenvalue weighted by atomic mass is 16.5. The summed E-state index contributed by atoms with van der Waals surface area (Å²) in [6.07, 6.45) is 5.93. The molecule has 3 aromatic rings. The molecule has 7 nitrogen and oxygen atoms in total. The molecule has 0 fully saturated rings. The first kappa shape index (κ1) is 20.6. The number of hydrogen-bond acceptors (Lipinski definition) is 4. The minimum absolute atomic E-state index is 0.305. The van der Waals surface area contributed by atoms with Crippen LogP contribution in [-0.4, -0.2) is 25.3 Å². The molecule has 0 spiro atoms. The molecule has 0 saturated carbocycles. The molecule has 2 aromatic heterocycles. The second kappa shape index (κ2) is 8.94. The fraction of sp³-hybridized carbons (Fsp3) is 0.409. The summed E-state index contributed by atoms with van der Waals surface area (Å²) in [6.45, 7) is 7.31. The van der Waals surface area contributed by atoms with Gasteiger partial charge in [-0.1, -0.05) is 31.6 Å². The van der Waals surface area contributed by atoms with Gasteiger partial charge in [-0.05, 0) is 44.0 Å². The molecule has 0 bridgehead atoms. The first-order valence-electron chi connectivity index (χ1n) is 10.1. The van der Waals surface area contributed by atoms with E-state index in [-0.39, 0.29) is 11.2 Å². The Bertz CT molecular complexity index is 1130. The van der Waals surface area contributed by atoms with Crippen LogP contribution in [0.5, 0.6) is 5.75 Å². The van der Waals surface area contributed by atoms with Crippen LogP contribution >= 0.6 is 0 Å². The van der Waals surface area contributed by atoms with Crippen LogP contribution in [0, 0.1) is 0 Å². The second-order valence-electron chi connectivity index (χ2n) is 6.88. The first-order chi connectivity index (χ1) is 14.0. The molecular formula is C22H28N4O3. The number of unbranched alkanes of at least 4 members (excludes halogenated alkanes) is 1. The SMILES string of the molecule is CCCCOc1ccc(/C=C/c2nc3c(c(=O)n(CC)c(=O)n3CC)n2C)cc1. The highest BCUT2D eigenvalue weighted by Crippen LogP contribution is 2.16. The van der Waals surface area contributed by atoms with Gasteiger partial charge in [0.25, 0.3) is 5.56 Å². The average Bonchev–Trinajstić information content (AvgIpc) is 3.04. The Hall–Kier alpha value is -3.09. The molecule has 0 N–H and O–H groups in total. The summed E-state index contributed by atoms with van der Waals surface area (Å²) in [5, 5.41) is 0. The Labute approximate surface area is 169 Å². The second-order valence-corrected chi connectivity index (χ2v) is 6.88. The summed E-state index contributed by atoms with van der Waals surface area (Å²) in [7, 11) is 1.80. The number of aryl methyl sites for hydroxylation is 2. The number of aromatic nitrogens is 4. The fourth-order valence-electron chi connectivity index (χ4n) is 3.27. The minimum atomic E-state index is -0.320. The van der Waals surface area contributed by atoms with Crippen molar-refractivity contribution in [1.29, 1.82) is 0 Å². The van der Waals surface area contributed by atoms with E-state index < -0.39 is 0 Å². The van der Waals surface area contributed by atoms with E-state index in [1.54, 1.807) is 23.1 Å². The van der Waals surface area contributed by atoms with E-state index in [0.29, 0.717) is 30.1 Å². The lowest BCUT2D eigenvalue weighted by atomic mass is 10.2. The molecule has 0 aliphatic rings. The third kappa shape index (κ3) is 4.04. The summed E-state index contributed by atoms with van der Waals surface area (Å²) >= 11 is 0. The van der Waals surface area contributed by atoms with Gasteiger partial charge in [0.2, 0.25) is 0 Å². The third-order valence-corrected chi connectivity index (χ3v) is 4.98. The van der Waals surface area contributed by atoms with E-state index in [9.17, 15) is 9.59 Å². The first-order valence-corrected chi connectivity index (χ1v) is 10.1. The van der Waals surface area contributed by atoms with Crippen molar-refractivity contribution in [1.82, 2.24) is 18.7 Å². The molecular weight excluding hydrogens is 368 g/mol. The van der Waals surface area contributed by atoms with Crippen LogP contribution in [0.1, 0.15) is 45.0 Å². The van der Waals surface area contributed by atoms with Crippen LogP contribution in [0.4, 0.5) is 0 Å². The van der Waals surface area contributed by atoms with Gasteiger partial charge in [0.15, 0.2) is 11.2 Å². The molecule has 0 radical (unpaired) electrons. The third-order valence-electron chi connectivity index (χ3n) is 4.98. The summed E-state index contributed by atoms with van der Waals surface area (Å²) in [4.78, 5) is 29.9. The number of rotatable bonds is 8. The van der Waals surface area contributed by atoms with Crippen molar-refractivity contribution in [2.75, 3.05) is 6.61 Å². The van der Waals surface area contributed by atoms with Gasteiger partial charge in [-0.15, -0.1) is 0 Å². The largest absolute Gasteiger partial charge is 0.494 e. The Morgan fingerprint density at radius 3 is 2.31 bits per heavy atom. The molecule has 3 rings (SSSR count). The lowest BCUT2D eigenvalue weighted by Crippen LogP contribution is -2.39. The Morgan fingerprint density at radius 1 is 1.00 bits per heavy atom. The molecule has 154 valence electrons. The molecule has 0 aliphatic carbocycles. The van der Waals surface area contributed by atoms with Gasteiger partial charge in [0, 0.05) is 20.1 Å². The molecule has 0 amide bonds. The molecule has 29 heavy (non-hydrogen) atoms. The van der Waals surface area contributed by atoms with E-state index in [1.807, 2.05) is 43.3 Å². The maximum absolute atomic E-state index is 12.8. The van der Waals surface area contributed by atoms with Crippen molar-refractivity contribution in [3.05, 3.63) is 56.5 Å². The Kier molecular flexibility index (Phi) is 6.36. The number of ether oxygens (including phenoxy) is 1. The summed E-state index contributed by atoms with van der Waals surface area (Å²) in [6, 6.07) is 7.84. The van der Waals surface area contributed by atoms with Crippen molar-refractivity contribution >= 4 is 23.3 Å². The zero-order valence-corrected chi connectivity index (χ0v) is 17.5. The van der Waals surface area contributed by atoms with Crippen molar-refractivity contribution in [2.24, 2.45) is 7.05 Å². The van der Waals surface area contributed by atoms with Gasteiger partial charge in [-0.2, -0.15) is 0 Å². The van der Waals surface area contributed by atoms with Crippen LogP contribution in [-0.2, 0) is 20.1 Å². The number of hydrogen-bond donors (Lipinski definition) is 0. The lowest BCUT2D eigenvalue weighted by molar-refractivity contribution is 0.309. The van der Waals surface area contributed by atoms with Crippen LogP contribution in [0.15, 0.2) is 33.9 Å². The number of fused-ring (bicyclic) bond motifs is 1. The van der Waals surface area contributed by atoms with Gasteiger partial charge in [0.1, 0.15) is 11.6 Å². The van der Waals surface area contributed by atoms with Crippen LogP contribution in [0.25, 0.3) is 23.3 Å². The van der Waals surface area contributed by atoms with Crippen molar-refractivity contribution in [3.8, 4) is 5.75 Å². The van der Waals surface area contributed by atoms with Gasteiger partial charge < -0.3 is 9.30 Å². The molecule has 0 atom stereocenters.